The standard InChI is InChI=1S/C14H11Cl2NOS/c15-11-3-1-2-4-13(11)18-8-10-6-5-9(14(17)19)7-12(10)16/h1-7H,8H2,(H2,17,19). The molecule has 0 bridgehead atoms. The molecule has 98 valence electrons. The molecular formula is C14H11Cl2NOS. The van der Waals surface area contributed by atoms with E-state index in [1.54, 1.807) is 18.2 Å². The lowest BCUT2D eigenvalue weighted by Crippen LogP contribution is -2.09. The number of ether oxygens (including phenoxy) is 1. The van der Waals surface area contributed by atoms with Gasteiger partial charge in [0.15, 0.2) is 0 Å². The molecule has 2 nitrogen and oxygen atoms in total. The number of nitrogens with two attached hydrogens (primary N) is 1. The lowest BCUT2D eigenvalue weighted by molar-refractivity contribution is 0.306. The summed E-state index contributed by atoms with van der Waals surface area (Å²) >= 11 is 17.1. The van der Waals surface area contributed by atoms with Crippen molar-refractivity contribution >= 4 is 40.4 Å². The lowest BCUT2D eigenvalue weighted by Gasteiger charge is -2.10. The van der Waals surface area contributed by atoms with Crippen LogP contribution in [-0.4, -0.2) is 4.99 Å². The maximum atomic E-state index is 6.15. The summed E-state index contributed by atoms with van der Waals surface area (Å²) in [6.45, 7) is 0.334. The maximum absolute atomic E-state index is 6.15. The number of halogens is 2. The first-order chi connectivity index (χ1) is 9.08. The van der Waals surface area contributed by atoms with Gasteiger partial charge in [-0.05, 0) is 18.2 Å². The third-order valence-electron chi connectivity index (χ3n) is 2.56. The van der Waals surface area contributed by atoms with Gasteiger partial charge >= 0.3 is 0 Å². The molecular weight excluding hydrogens is 301 g/mol. The molecule has 0 saturated heterocycles. The first kappa shape index (κ1) is 14.1. The van der Waals surface area contributed by atoms with Gasteiger partial charge in [0, 0.05) is 16.1 Å². The van der Waals surface area contributed by atoms with Crippen LogP contribution in [0.15, 0.2) is 42.5 Å². The van der Waals surface area contributed by atoms with Crippen molar-refractivity contribution in [3.8, 4) is 5.75 Å². The second-order valence-electron chi connectivity index (χ2n) is 3.89. The number of rotatable bonds is 4. The van der Waals surface area contributed by atoms with E-state index in [2.05, 4.69) is 0 Å². The summed E-state index contributed by atoms with van der Waals surface area (Å²) in [7, 11) is 0. The summed E-state index contributed by atoms with van der Waals surface area (Å²) in [6, 6.07) is 12.7. The quantitative estimate of drug-likeness (QED) is 0.859. The third kappa shape index (κ3) is 3.60. The van der Waals surface area contributed by atoms with Gasteiger partial charge in [0.1, 0.15) is 17.3 Å². The van der Waals surface area contributed by atoms with E-state index in [4.69, 9.17) is 45.9 Å². The Balaban J connectivity index is 2.12. The van der Waals surface area contributed by atoms with Crippen molar-refractivity contribution in [1.82, 2.24) is 0 Å². The Kier molecular flexibility index (Phi) is 4.64. The number of benzene rings is 2. The Bertz CT molecular complexity index is 616. The Morgan fingerprint density at radius 1 is 1.11 bits per heavy atom. The van der Waals surface area contributed by atoms with Crippen molar-refractivity contribution in [2.75, 3.05) is 0 Å². The fourth-order valence-electron chi connectivity index (χ4n) is 1.53. The van der Waals surface area contributed by atoms with Gasteiger partial charge in [-0.2, -0.15) is 0 Å². The van der Waals surface area contributed by atoms with Gasteiger partial charge in [0.05, 0.1) is 5.02 Å². The highest BCUT2D eigenvalue weighted by Gasteiger charge is 2.06. The number of para-hydroxylation sites is 1. The molecule has 2 aromatic rings. The van der Waals surface area contributed by atoms with Crippen LogP contribution >= 0.6 is 35.4 Å². The van der Waals surface area contributed by atoms with Crippen molar-refractivity contribution in [2.24, 2.45) is 5.73 Å². The van der Waals surface area contributed by atoms with Gasteiger partial charge in [0.25, 0.3) is 0 Å². The van der Waals surface area contributed by atoms with E-state index in [9.17, 15) is 0 Å². The molecule has 0 unspecified atom stereocenters. The lowest BCUT2D eigenvalue weighted by atomic mass is 10.1. The van der Waals surface area contributed by atoms with E-state index < -0.39 is 0 Å². The van der Waals surface area contributed by atoms with Crippen molar-refractivity contribution < 1.29 is 4.74 Å². The van der Waals surface area contributed by atoms with Gasteiger partial charge in [-0.15, -0.1) is 0 Å². The maximum Gasteiger partial charge on any atom is 0.138 e. The summed E-state index contributed by atoms with van der Waals surface area (Å²) in [4.78, 5) is 0.320. The summed E-state index contributed by atoms with van der Waals surface area (Å²) in [6.07, 6.45) is 0. The first-order valence-corrected chi connectivity index (χ1v) is 6.70. The van der Waals surface area contributed by atoms with E-state index in [1.807, 2.05) is 24.3 Å². The highest BCUT2D eigenvalue weighted by Crippen LogP contribution is 2.25. The highest BCUT2D eigenvalue weighted by molar-refractivity contribution is 7.80. The average Bonchev–Trinajstić information content (AvgIpc) is 2.39. The molecule has 0 spiro atoms. The van der Waals surface area contributed by atoms with Crippen LogP contribution in [-0.2, 0) is 6.61 Å². The van der Waals surface area contributed by atoms with Gasteiger partial charge < -0.3 is 10.5 Å². The topological polar surface area (TPSA) is 35.2 Å². The number of thiocarbonyl (C=S) groups is 1. The van der Waals surface area contributed by atoms with Crippen LogP contribution in [0, 0.1) is 0 Å². The zero-order valence-corrected chi connectivity index (χ0v) is 12.2. The Morgan fingerprint density at radius 2 is 1.84 bits per heavy atom. The third-order valence-corrected chi connectivity index (χ3v) is 3.46. The van der Waals surface area contributed by atoms with Gasteiger partial charge in [-0.25, -0.2) is 0 Å². The highest BCUT2D eigenvalue weighted by atomic mass is 35.5. The number of hydrogen-bond acceptors (Lipinski definition) is 2. The zero-order valence-electron chi connectivity index (χ0n) is 9.90. The fraction of sp³-hybridized carbons (Fsp3) is 0.0714. The van der Waals surface area contributed by atoms with Crippen molar-refractivity contribution in [1.29, 1.82) is 0 Å². The predicted octanol–water partition coefficient (Wildman–Crippen LogP) is 4.21. The number of hydrogen-bond donors (Lipinski definition) is 1. The van der Waals surface area contributed by atoms with Gasteiger partial charge in [0.2, 0.25) is 0 Å². The molecule has 5 heteroatoms. The second-order valence-corrected chi connectivity index (χ2v) is 5.14. The minimum atomic E-state index is 0.320. The molecule has 0 aliphatic carbocycles. The summed E-state index contributed by atoms with van der Waals surface area (Å²) in [5.74, 6) is 0.624. The van der Waals surface area contributed by atoms with E-state index in [0.29, 0.717) is 27.4 Å². The summed E-state index contributed by atoms with van der Waals surface area (Å²) in [5.41, 5.74) is 7.13. The Labute approximate surface area is 127 Å². The van der Waals surface area contributed by atoms with Crippen molar-refractivity contribution in [2.45, 2.75) is 6.61 Å². The molecule has 0 radical (unpaired) electrons. The Hall–Kier alpha value is -1.29. The zero-order chi connectivity index (χ0) is 13.8. The minimum absolute atomic E-state index is 0.320. The molecule has 0 aliphatic heterocycles. The molecule has 0 heterocycles. The van der Waals surface area contributed by atoms with Crippen LogP contribution < -0.4 is 10.5 Å². The van der Waals surface area contributed by atoms with Crippen LogP contribution in [0.4, 0.5) is 0 Å². The molecule has 2 aromatic carbocycles. The monoisotopic (exact) mass is 311 g/mol. The van der Waals surface area contributed by atoms with Crippen LogP contribution in [0.5, 0.6) is 5.75 Å². The fourth-order valence-corrected chi connectivity index (χ4v) is 2.09. The molecule has 2 N–H and O–H groups in total. The van der Waals surface area contributed by atoms with E-state index in [-0.39, 0.29) is 0 Å². The molecule has 0 aliphatic rings. The van der Waals surface area contributed by atoms with E-state index in [0.717, 1.165) is 11.1 Å². The van der Waals surface area contributed by atoms with Gasteiger partial charge in [-0.1, -0.05) is 59.7 Å². The van der Waals surface area contributed by atoms with Crippen LogP contribution in [0.3, 0.4) is 0 Å². The van der Waals surface area contributed by atoms with Gasteiger partial charge in [-0.3, -0.25) is 0 Å². The molecule has 0 atom stereocenters. The Morgan fingerprint density at radius 3 is 2.47 bits per heavy atom. The predicted molar refractivity (Wildman–Crippen MR) is 83.1 cm³/mol. The minimum Gasteiger partial charge on any atom is -0.487 e. The van der Waals surface area contributed by atoms with Crippen LogP contribution in [0.2, 0.25) is 10.0 Å². The van der Waals surface area contributed by atoms with E-state index in [1.165, 1.54) is 0 Å². The second kappa shape index (κ2) is 6.24. The van der Waals surface area contributed by atoms with E-state index >= 15 is 0 Å². The molecule has 0 amide bonds. The largest absolute Gasteiger partial charge is 0.487 e. The summed E-state index contributed by atoms with van der Waals surface area (Å²) < 4.78 is 5.62. The molecule has 0 saturated carbocycles. The van der Waals surface area contributed by atoms with Crippen LogP contribution in [0.25, 0.3) is 0 Å². The first-order valence-electron chi connectivity index (χ1n) is 5.53. The molecule has 19 heavy (non-hydrogen) atoms. The SMILES string of the molecule is NC(=S)c1ccc(COc2ccccc2Cl)c(Cl)c1. The van der Waals surface area contributed by atoms with Crippen molar-refractivity contribution in [3.05, 3.63) is 63.6 Å². The molecule has 0 aromatic heterocycles. The molecule has 2 rings (SSSR count). The van der Waals surface area contributed by atoms with Crippen LogP contribution in [0.1, 0.15) is 11.1 Å². The summed E-state index contributed by atoms with van der Waals surface area (Å²) in [5, 5.41) is 1.13. The molecule has 0 fully saturated rings. The average molecular weight is 312 g/mol. The van der Waals surface area contributed by atoms with Crippen molar-refractivity contribution in [3.63, 3.8) is 0 Å². The normalized spacial score (nSPS) is 10.2. The smallest absolute Gasteiger partial charge is 0.138 e.